The predicted octanol–water partition coefficient (Wildman–Crippen LogP) is 3.00. The Kier molecular flexibility index (Phi) is 4.38. The van der Waals surface area contributed by atoms with Crippen LogP contribution in [0.4, 0.5) is 0 Å². The third kappa shape index (κ3) is 3.51. The summed E-state index contributed by atoms with van der Waals surface area (Å²) in [7, 11) is 2.13. The highest BCUT2D eigenvalue weighted by molar-refractivity contribution is 6.36. The van der Waals surface area contributed by atoms with Crippen LogP contribution in [0.5, 0.6) is 5.75 Å². The molecule has 1 aromatic carbocycles. The lowest BCUT2D eigenvalue weighted by atomic mass is 10.1. The molecule has 1 saturated heterocycles. The second-order valence-corrected chi connectivity index (χ2v) is 6.16. The molecule has 0 aromatic heterocycles. The first-order valence-electron chi connectivity index (χ1n) is 6.92. The van der Waals surface area contributed by atoms with Crippen LogP contribution in [-0.4, -0.2) is 56.0 Å². The molecule has 3 rings (SSSR count). The molecule has 0 saturated carbocycles. The number of benzene rings is 1. The minimum absolute atomic E-state index is 0.478. The molecule has 0 atom stereocenters. The predicted molar refractivity (Wildman–Crippen MR) is 87.5 cm³/mol. The number of piperazine rings is 1. The Bertz CT molecular complexity index is 593. The fraction of sp³-hybridized carbons (Fsp3) is 0.400. The summed E-state index contributed by atoms with van der Waals surface area (Å²) in [6, 6.07) is 3.55. The summed E-state index contributed by atoms with van der Waals surface area (Å²) in [6.07, 6.45) is 3.89. The van der Waals surface area contributed by atoms with Crippen LogP contribution in [0.25, 0.3) is 6.08 Å². The fourth-order valence-corrected chi connectivity index (χ4v) is 2.94. The van der Waals surface area contributed by atoms with Crippen LogP contribution in [-0.2, 0) is 0 Å². The van der Waals surface area contributed by atoms with Gasteiger partial charge in [0.2, 0.25) is 0 Å². The molecule has 1 aromatic rings. The molecule has 21 heavy (non-hydrogen) atoms. The molecule has 0 amide bonds. The van der Waals surface area contributed by atoms with E-state index in [0.29, 0.717) is 22.4 Å². The first-order chi connectivity index (χ1) is 10.1. The van der Waals surface area contributed by atoms with Crippen molar-refractivity contribution >= 4 is 35.5 Å². The number of fused-ring (bicyclic) bond motifs is 1. The summed E-state index contributed by atoms with van der Waals surface area (Å²) < 4.78 is 5.70. The topological polar surface area (TPSA) is 28.1 Å². The molecule has 0 radical (unpaired) electrons. The van der Waals surface area contributed by atoms with Crippen LogP contribution in [0.1, 0.15) is 5.56 Å². The number of hydrogen-bond acceptors (Lipinski definition) is 4. The minimum Gasteiger partial charge on any atom is -0.487 e. The Hall–Kier alpha value is -1.23. The van der Waals surface area contributed by atoms with E-state index in [1.807, 2.05) is 18.4 Å². The molecule has 6 heteroatoms. The summed E-state index contributed by atoms with van der Waals surface area (Å²) in [5.74, 6) is 0.692. The molecule has 2 aliphatic rings. The second kappa shape index (κ2) is 6.26. The SMILES string of the molecule is CN1CCN(N=CC2=Cc3cc(Cl)cc(Cl)c3OC2)CC1. The average Bonchev–Trinajstić information content (AvgIpc) is 2.46. The molecule has 112 valence electrons. The summed E-state index contributed by atoms with van der Waals surface area (Å²) in [4.78, 5) is 2.30. The van der Waals surface area contributed by atoms with Crippen LogP contribution in [0, 0.1) is 0 Å². The van der Waals surface area contributed by atoms with E-state index < -0.39 is 0 Å². The highest BCUT2D eigenvalue weighted by atomic mass is 35.5. The molecular formula is C15H17Cl2N3O. The van der Waals surface area contributed by atoms with Crippen molar-refractivity contribution in [2.75, 3.05) is 39.8 Å². The van der Waals surface area contributed by atoms with Gasteiger partial charge >= 0.3 is 0 Å². The maximum Gasteiger partial charge on any atom is 0.145 e. The second-order valence-electron chi connectivity index (χ2n) is 5.32. The molecule has 2 heterocycles. The zero-order valence-electron chi connectivity index (χ0n) is 11.9. The van der Waals surface area contributed by atoms with Gasteiger partial charge in [-0.1, -0.05) is 23.2 Å². The van der Waals surface area contributed by atoms with Crippen molar-refractivity contribution in [2.24, 2.45) is 5.10 Å². The van der Waals surface area contributed by atoms with E-state index in [0.717, 1.165) is 37.3 Å². The van der Waals surface area contributed by atoms with E-state index in [-0.39, 0.29) is 0 Å². The van der Waals surface area contributed by atoms with E-state index in [9.17, 15) is 0 Å². The molecule has 4 nitrogen and oxygen atoms in total. The fourth-order valence-electron chi connectivity index (χ4n) is 2.38. The van der Waals surface area contributed by atoms with E-state index >= 15 is 0 Å². The summed E-state index contributed by atoms with van der Waals surface area (Å²) in [5, 5.41) is 7.76. The van der Waals surface area contributed by atoms with Gasteiger partial charge in [-0.25, -0.2) is 0 Å². The zero-order valence-corrected chi connectivity index (χ0v) is 13.4. The summed E-state index contributed by atoms with van der Waals surface area (Å²) >= 11 is 12.1. The number of hydrazone groups is 1. The smallest absolute Gasteiger partial charge is 0.145 e. The first kappa shape index (κ1) is 14.7. The quantitative estimate of drug-likeness (QED) is 0.782. The molecule has 0 unspecified atom stereocenters. The van der Waals surface area contributed by atoms with E-state index in [1.165, 1.54) is 0 Å². The lowest BCUT2D eigenvalue weighted by Gasteiger charge is -2.30. The Labute approximate surface area is 134 Å². The summed E-state index contributed by atoms with van der Waals surface area (Å²) in [5.41, 5.74) is 1.92. The van der Waals surface area contributed by atoms with E-state index in [1.54, 1.807) is 6.07 Å². The van der Waals surface area contributed by atoms with Gasteiger partial charge in [-0.2, -0.15) is 5.10 Å². The van der Waals surface area contributed by atoms with Crippen molar-refractivity contribution in [1.82, 2.24) is 9.91 Å². The number of rotatable bonds is 2. The molecule has 0 N–H and O–H groups in total. The number of likely N-dealkylation sites (N-methyl/N-ethyl adjacent to an activating group) is 1. The number of halogens is 2. The van der Waals surface area contributed by atoms with E-state index in [2.05, 4.69) is 22.1 Å². The van der Waals surface area contributed by atoms with Crippen molar-refractivity contribution in [3.63, 3.8) is 0 Å². The maximum atomic E-state index is 6.12. The lowest BCUT2D eigenvalue weighted by Crippen LogP contribution is -2.41. The van der Waals surface area contributed by atoms with Crippen LogP contribution < -0.4 is 4.74 Å². The average molecular weight is 326 g/mol. The van der Waals surface area contributed by atoms with Crippen molar-refractivity contribution in [3.05, 3.63) is 33.3 Å². The molecule has 0 aliphatic carbocycles. The number of nitrogens with zero attached hydrogens (tertiary/aromatic N) is 3. The molecular weight excluding hydrogens is 309 g/mol. The van der Waals surface area contributed by atoms with Gasteiger partial charge in [0.1, 0.15) is 12.4 Å². The van der Waals surface area contributed by atoms with Gasteiger partial charge in [0.25, 0.3) is 0 Å². The van der Waals surface area contributed by atoms with Crippen molar-refractivity contribution in [1.29, 1.82) is 0 Å². The molecule has 0 spiro atoms. The number of ether oxygens (including phenoxy) is 1. The van der Waals surface area contributed by atoms with Crippen LogP contribution >= 0.6 is 23.2 Å². The molecule has 1 fully saturated rings. The van der Waals surface area contributed by atoms with Crippen LogP contribution in [0.15, 0.2) is 22.8 Å². The van der Waals surface area contributed by atoms with Gasteiger partial charge < -0.3 is 9.64 Å². The highest BCUT2D eigenvalue weighted by Crippen LogP contribution is 2.36. The van der Waals surface area contributed by atoms with Crippen molar-refractivity contribution in [3.8, 4) is 5.75 Å². The van der Waals surface area contributed by atoms with Crippen molar-refractivity contribution in [2.45, 2.75) is 0 Å². The van der Waals surface area contributed by atoms with Gasteiger partial charge in [-0.3, -0.25) is 5.01 Å². The Morgan fingerprint density at radius 1 is 1.19 bits per heavy atom. The molecule has 2 aliphatic heterocycles. The highest BCUT2D eigenvalue weighted by Gasteiger charge is 2.16. The monoisotopic (exact) mass is 325 g/mol. The Morgan fingerprint density at radius 2 is 1.95 bits per heavy atom. The van der Waals surface area contributed by atoms with Gasteiger partial charge in [-0.15, -0.1) is 0 Å². The van der Waals surface area contributed by atoms with Crippen LogP contribution in [0.2, 0.25) is 10.0 Å². The Morgan fingerprint density at radius 3 is 2.71 bits per heavy atom. The maximum absolute atomic E-state index is 6.12. The number of hydrogen-bond donors (Lipinski definition) is 0. The normalized spacial score (nSPS) is 19.4. The summed E-state index contributed by atoms with van der Waals surface area (Å²) in [6.45, 7) is 4.47. The van der Waals surface area contributed by atoms with Gasteiger partial charge in [0.15, 0.2) is 0 Å². The standard InChI is InChI=1S/C15H17Cl2N3O/c1-19-2-4-20(5-3-19)18-9-11-6-12-7-13(16)8-14(17)15(12)21-10-11/h6-9H,2-5,10H2,1H3. The largest absolute Gasteiger partial charge is 0.487 e. The first-order valence-corrected chi connectivity index (χ1v) is 7.67. The van der Waals surface area contributed by atoms with E-state index in [4.69, 9.17) is 27.9 Å². The van der Waals surface area contributed by atoms with Gasteiger partial charge in [0.05, 0.1) is 11.2 Å². The third-order valence-electron chi connectivity index (χ3n) is 3.63. The zero-order chi connectivity index (χ0) is 14.8. The minimum atomic E-state index is 0.478. The van der Waals surface area contributed by atoms with Gasteiger partial charge in [0, 0.05) is 42.3 Å². The van der Waals surface area contributed by atoms with Crippen molar-refractivity contribution < 1.29 is 4.74 Å². The molecule has 0 bridgehead atoms. The lowest BCUT2D eigenvalue weighted by molar-refractivity contribution is 0.159. The van der Waals surface area contributed by atoms with Crippen LogP contribution in [0.3, 0.4) is 0 Å². The Balaban J connectivity index is 1.73. The third-order valence-corrected chi connectivity index (χ3v) is 4.13. The van der Waals surface area contributed by atoms with Gasteiger partial charge in [-0.05, 0) is 25.3 Å².